The number of nitriles is 1. The second-order valence-electron chi connectivity index (χ2n) is 9.38. The van der Waals surface area contributed by atoms with Crippen LogP contribution in [0.5, 0.6) is 0 Å². The van der Waals surface area contributed by atoms with E-state index in [0.717, 1.165) is 44.9 Å². The number of hydrogen-bond donors (Lipinski definition) is 1. The van der Waals surface area contributed by atoms with Gasteiger partial charge in [0, 0.05) is 13.2 Å². The van der Waals surface area contributed by atoms with Crippen LogP contribution in [-0.4, -0.2) is 41.6 Å². The SMILES string of the molecule is COC12CC3CC(C1)CC(C(N)C(=O)N1C4C[C@H]4C[C@H]1C#N)(C3)C2. The predicted molar refractivity (Wildman–Crippen MR) is 87.6 cm³/mol. The van der Waals surface area contributed by atoms with Gasteiger partial charge in [-0.05, 0) is 74.5 Å². The standard InChI is InChI=1S/C19H27N3O2/c1-24-19-7-11-2-12(8-19)6-18(5-11,10-19)16(21)17(23)22-14(9-20)3-13-4-15(13)22/h11-16H,2-8,10,21H2,1H3/t11?,12?,13-,14+,15?,16?,18?,19?/m1/s1. The van der Waals surface area contributed by atoms with Gasteiger partial charge in [0.25, 0.3) is 0 Å². The fourth-order valence-corrected chi connectivity index (χ4v) is 7.16. The van der Waals surface area contributed by atoms with E-state index < -0.39 is 6.04 Å². The van der Waals surface area contributed by atoms with E-state index in [9.17, 15) is 10.1 Å². The van der Waals surface area contributed by atoms with Crippen molar-refractivity contribution in [3.05, 3.63) is 0 Å². The molecule has 1 aliphatic heterocycles. The lowest BCUT2D eigenvalue weighted by atomic mass is 9.46. The van der Waals surface area contributed by atoms with Crippen molar-refractivity contribution in [3.63, 3.8) is 0 Å². The van der Waals surface area contributed by atoms with Gasteiger partial charge in [-0.2, -0.15) is 5.26 Å². The third-order valence-electron chi connectivity index (χ3n) is 7.92. The summed E-state index contributed by atoms with van der Waals surface area (Å²) < 4.78 is 5.97. The monoisotopic (exact) mass is 329 g/mol. The Morgan fingerprint density at radius 1 is 1.25 bits per heavy atom. The number of nitrogens with zero attached hydrogens (tertiary/aromatic N) is 2. The van der Waals surface area contributed by atoms with Gasteiger partial charge in [0.1, 0.15) is 6.04 Å². The van der Waals surface area contributed by atoms with Crippen LogP contribution in [0.2, 0.25) is 0 Å². The van der Waals surface area contributed by atoms with Gasteiger partial charge in [0.15, 0.2) is 0 Å². The Hall–Kier alpha value is -1.12. The molecule has 0 aromatic rings. The van der Waals surface area contributed by atoms with Crippen molar-refractivity contribution >= 4 is 5.91 Å². The molecule has 1 heterocycles. The van der Waals surface area contributed by atoms with Crippen LogP contribution in [0.15, 0.2) is 0 Å². The van der Waals surface area contributed by atoms with Crippen molar-refractivity contribution in [2.75, 3.05) is 7.11 Å². The van der Waals surface area contributed by atoms with Crippen molar-refractivity contribution in [3.8, 4) is 6.07 Å². The molecule has 5 aliphatic carbocycles. The molecule has 1 amide bonds. The molecule has 2 N–H and O–H groups in total. The largest absolute Gasteiger partial charge is 0.378 e. The molecule has 0 aromatic carbocycles. The molecule has 130 valence electrons. The summed E-state index contributed by atoms with van der Waals surface area (Å²) in [6.07, 6.45) is 8.53. The molecule has 5 nitrogen and oxygen atoms in total. The summed E-state index contributed by atoms with van der Waals surface area (Å²) in [6.45, 7) is 0. The summed E-state index contributed by atoms with van der Waals surface area (Å²) in [5.74, 6) is 1.90. The van der Waals surface area contributed by atoms with E-state index in [-0.39, 0.29) is 23.0 Å². The van der Waals surface area contributed by atoms with Gasteiger partial charge in [-0.15, -0.1) is 0 Å². The van der Waals surface area contributed by atoms with Crippen molar-refractivity contribution in [2.24, 2.45) is 28.9 Å². The average molecular weight is 329 g/mol. The quantitative estimate of drug-likeness (QED) is 0.856. The molecular weight excluding hydrogens is 302 g/mol. The van der Waals surface area contributed by atoms with Crippen LogP contribution in [0.25, 0.3) is 0 Å². The number of nitrogens with two attached hydrogens (primary N) is 1. The minimum Gasteiger partial charge on any atom is -0.378 e. The molecule has 1 saturated heterocycles. The summed E-state index contributed by atoms with van der Waals surface area (Å²) in [5.41, 5.74) is 6.49. The fourth-order valence-electron chi connectivity index (χ4n) is 7.16. The number of likely N-dealkylation sites (tertiary alicyclic amines) is 1. The third-order valence-corrected chi connectivity index (χ3v) is 7.92. The second kappa shape index (κ2) is 4.74. The van der Waals surface area contributed by atoms with Crippen molar-refractivity contribution in [1.82, 2.24) is 4.90 Å². The Bertz CT molecular complexity index is 613. The van der Waals surface area contributed by atoms with Crippen LogP contribution >= 0.6 is 0 Å². The average Bonchev–Trinajstić information content (AvgIpc) is 3.22. The number of ether oxygens (including phenoxy) is 1. The van der Waals surface area contributed by atoms with E-state index in [1.54, 1.807) is 0 Å². The first-order chi connectivity index (χ1) is 11.5. The fraction of sp³-hybridized carbons (Fsp3) is 0.895. The van der Waals surface area contributed by atoms with Gasteiger partial charge in [-0.3, -0.25) is 4.79 Å². The topological polar surface area (TPSA) is 79.3 Å². The van der Waals surface area contributed by atoms with E-state index >= 15 is 0 Å². The summed E-state index contributed by atoms with van der Waals surface area (Å²) in [6, 6.07) is 1.90. The Labute approximate surface area is 143 Å². The molecule has 5 heteroatoms. The maximum atomic E-state index is 13.3. The predicted octanol–water partition coefficient (Wildman–Crippen LogP) is 1.81. The number of fused-ring (bicyclic) bond motifs is 1. The van der Waals surface area contributed by atoms with Gasteiger partial charge in [-0.25, -0.2) is 0 Å². The number of hydrogen-bond acceptors (Lipinski definition) is 4. The van der Waals surface area contributed by atoms with Crippen LogP contribution in [0, 0.1) is 34.5 Å². The smallest absolute Gasteiger partial charge is 0.241 e. The van der Waals surface area contributed by atoms with Crippen LogP contribution in [0.4, 0.5) is 0 Å². The van der Waals surface area contributed by atoms with Gasteiger partial charge >= 0.3 is 0 Å². The highest BCUT2D eigenvalue weighted by molar-refractivity contribution is 5.84. The minimum absolute atomic E-state index is 0.0414. The zero-order chi connectivity index (χ0) is 16.7. The Kier molecular flexibility index (Phi) is 2.99. The number of piperidine rings is 1. The van der Waals surface area contributed by atoms with Crippen LogP contribution < -0.4 is 5.73 Å². The van der Waals surface area contributed by atoms with E-state index in [4.69, 9.17) is 10.5 Å². The number of carbonyl (C=O) groups excluding carboxylic acids is 1. The lowest BCUT2D eigenvalue weighted by Gasteiger charge is -2.62. The van der Waals surface area contributed by atoms with Gasteiger partial charge in [0.2, 0.25) is 5.91 Å². The minimum atomic E-state index is -0.465. The molecule has 0 spiro atoms. The van der Waals surface area contributed by atoms with E-state index in [1.807, 2.05) is 12.0 Å². The summed E-state index contributed by atoms with van der Waals surface area (Å²) in [7, 11) is 1.83. The molecule has 0 aromatic heterocycles. The van der Waals surface area contributed by atoms with Gasteiger partial charge < -0.3 is 15.4 Å². The lowest BCUT2D eigenvalue weighted by Crippen LogP contribution is -2.65. The maximum absolute atomic E-state index is 13.3. The first-order valence-electron chi connectivity index (χ1n) is 9.52. The Morgan fingerprint density at radius 3 is 2.58 bits per heavy atom. The highest BCUT2D eigenvalue weighted by atomic mass is 16.5. The lowest BCUT2D eigenvalue weighted by molar-refractivity contribution is -0.189. The zero-order valence-corrected chi connectivity index (χ0v) is 14.4. The van der Waals surface area contributed by atoms with Crippen LogP contribution in [0.1, 0.15) is 51.4 Å². The molecule has 5 saturated carbocycles. The van der Waals surface area contributed by atoms with E-state index in [2.05, 4.69) is 6.07 Å². The third kappa shape index (κ3) is 1.90. The van der Waals surface area contributed by atoms with Crippen molar-refractivity contribution < 1.29 is 9.53 Å². The molecule has 4 unspecified atom stereocenters. The van der Waals surface area contributed by atoms with Gasteiger partial charge in [-0.1, -0.05) is 0 Å². The Morgan fingerprint density at radius 2 is 1.96 bits per heavy atom. The molecule has 6 atom stereocenters. The number of carbonyl (C=O) groups is 1. The first kappa shape index (κ1) is 15.2. The summed E-state index contributed by atoms with van der Waals surface area (Å²) in [4.78, 5) is 15.1. The van der Waals surface area contributed by atoms with E-state index in [1.165, 1.54) is 6.42 Å². The molecule has 0 radical (unpaired) electrons. The molecule has 6 rings (SSSR count). The highest BCUT2D eigenvalue weighted by Gasteiger charge is 2.63. The first-order valence-corrected chi connectivity index (χ1v) is 9.52. The number of methoxy groups -OCH3 is 1. The van der Waals surface area contributed by atoms with Crippen LogP contribution in [-0.2, 0) is 9.53 Å². The zero-order valence-electron chi connectivity index (χ0n) is 14.4. The molecule has 24 heavy (non-hydrogen) atoms. The van der Waals surface area contributed by atoms with Crippen LogP contribution in [0.3, 0.4) is 0 Å². The van der Waals surface area contributed by atoms with Crippen molar-refractivity contribution in [1.29, 1.82) is 5.26 Å². The highest BCUT2D eigenvalue weighted by Crippen LogP contribution is 2.64. The molecule has 6 fully saturated rings. The second-order valence-corrected chi connectivity index (χ2v) is 9.38. The van der Waals surface area contributed by atoms with E-state index in [0.29, 0.717) is 23.8 Å². The molecular formula is C19H27N3O2. The summed E-state index contributed by atoms with van der Waals surface area (Å²) in [5, 5.41) is 9.41. The summed E-state index contributed by atoms with van der Waals surface area (Å²) >= 11 is 0. The number of amides is 1. The van der Waals surface area contributed by atoms with Gasteiger partial charge in [0.05, 0.1) is 17.7 Å². The Balaban J connectivity index is 1.43. The molecule has 4 bridgehead atoms. The normalized spacial score (nSPS) is 52.0. The molecule has 6 aliphatic rings. The van der Waals surface area contributed by atoms with Crippen molar-refractivity contribution in [2.45, 2.75) is 75.1 Å². The number of rotatable bonds is 3. The maximum Gasteiger partial charge on any atom is 0.241 e.